The zero-order valence-corrected chi connectivity index (χ0v) is 12.9. The van der Waals surface area contributed by atoms with E-state index in [-0.39, 0.29) is 0 Å². The fourth-order valence-corrected chi connectivity index (χ4v) is 2.96. The van der Waals surface area contributed by atoms with Crippen LogP contribution in [0.15, 0.2) is 54.6 Å². The average molecular weight is 271 g/mol. The van der Waals surface area contributed by atoms with Crippen molar-refractivity contribution >= 4 is 19.2 Å². The van der Waals surface area contributed by atoms with Crippen molar-refractivity contribution in [3.8, 4) is 0 Å². The second kappa shape index (κ2) is 6.84. The van der Waals surface area contributed by atoms with E-state index < -0.39 is 0 Å². The van der Waals surface area contributed by atoms with Crippen LogP contribution in [0.4, 0.5) is 0 Å². The molecule has 2 aromatic carbocycles. The van der Waals surface area contributed by atoms with Gasteiger partial charge in [0, 0.05) is 6.04 Å². The molecule has 0 fully saturated rings. The highest BCUT2D eigenvalue weighted by Crippen LogP contribution is 2.12. The Labute approximate surface area is 118 Å². The maximum absolute atomic E-state index is 2.27. The first-order valence-corrected chi connectivity index (χ1v) is 7.72. The van der Waals surface area contributed by atoms with Gasteiger partial charge in [-0.3, -0.25) is 0 Å². The van der Waals surface area contributed by atoms with Gasteiger partial charge in [0.05, 0.1) is 0 Å². The van der Waals surface area contributed by atoms with Crippen molar-refractivity contribution in [2.24, 2.45) is 0 Å². The normalized spacial score (nSPS) is 13.3. The highest BCUT2D eigenvalue weighted by molar-refractivity contribution is 7.55. The van der Waals surface area contributed by atoms with E-state index in [1.807, 2.05) is 0 Å². The summed E-state index contributed by atoms with van der Waals surface area (Å²) in [6.07, 6.45) is 1.11. The molecule has 2 atom stereocenters. The van der Waals surface area contributed by atoms with E-state index in [2.05, 4.69) is 80.5 Å². The molecule has 19 heavy (non-hydrogen) atoms. The zero-order valence-electron chi connectivity index (χ0n) is 11.9. The Balaban J connectivity index is 1.99. The van der Waals surface area contributed by atoms with Crippen molar-refractivity contribution in [2.75, 3.05) is 14.1 Å². The van der Waals surface area contributed by atoms with Gasteiger partial charge in [0.25, 0.3) is 0 Å². The van der Waals surface area contributed by atoms with Crippen molar-refractivity contribution in [1.82, 2.24) is 4.90 Å². The molecule has 0 N–H and O–H groups in total. The fraction of sp³-hybridized carbons (Fsp3) is 0.294. The van der Waals surface area contributed by atoms with Gasteiger partial charge >= 0.3 is 0 Å². The van der Waals surface area contributed by atoms with Crippen LogP contribution < -0.4 is 10.6 Å². The topological polar surface area (TPSA) is 3.24 Å². The Kier molecular flexibility index (Phi) is 5.13. The molecule has 0 amide bonds. The molecule has 2 rings (SSSR count). The highest BCUT2D eigenvalue weighted by Gasteiger charge is 2.05. The van der Waals surface area contributed by atoms with Gasteiger partial charge in [0.2, 0.25) is 0 Å². The summed E-state index contributed by atoms with van der Waals surface area (Å²) in [5, 5.41) is 2.81. The summed E-state index contributed by atoms with van der Waals surface area (Å²) in [6, 6.07) is 20.3. The van der Waals surface area contributed by atoms with Gasteiger partial charge in [-0.1, -0.05) is 63.2 Å². The van der Waals surface area contributed by atoms with E-state index in [0.29, 0.717) is 6.04 Å². The Morgan fingerprint density at radius 2 is 1.47 bits per heavy atom. The molecule has 100 valence electrons. The quantitative estimate of drug-likeness (QED) is 0.756. The Morgan fingerprint density at radius 3 is 2.05 bits per heavy atom. The second-order valence-electron chi connectivity index (χ2n) is 5.20. The molecule has 0 saturated carbocycles. The molecule has 0 spiro atoms. The van der Waals surface area contributed by atoms with Crippen molar-refractivity contribution in [1.29, 1.82) is 0 Å². The molecule has 0 heterocycles. The highest BCUT2D eigenvalue weighted by atomic mass is 31.1. The van der Waals surface area contributed by atoms with Gasteiger partial charge < -0.3 is 4.90 Å². The minimum Gasteiger partial charge on any atom is -0.306 e. The minimum atomic E-state index is 0.586. The monoisotopic (exact) mass is 271 g/mol. The van der Waals surface area contributed by atoms with Crippen molar-refractivity contribution < 1.29 is 0 Å². The lowest BCUT2D eigenvalue weighted by Gasteiger charge is -2.19. The summed E-state index contributed by atoms with van der Waals surface area (Å²) in [5.74, 6) is 0. The minimum absolute atomic E-state index is 0.586. The summed E-state index contributed by atoms with van der Waals surface area (Å²) < 4.78 is 0. The maximum atomic E-state index is 2.27. The summed E-state index contributed by atoms with van der Waals surface area (Å²) in [5.41, 5.74) is 1.42. The van der Waals surface area contributed by atoms with Crippen molar-refractivity contribution in [2.45, 2.75) is 19.4 Å². The summed E-state index contributed by atoms with van der Waals surface area (Å²) in [4.78, 5) is 2.26. The zero-order chi connectivity index (χ0) is 13.7. The molecule has 2 aromatic rings. The molecule has 0 aromatic heterocycles. The van der Waals surface area contributed by atoms with E-state index in [1.165, 1.54) is 16.2 Å². The number of likely N-dealkylation sites (N-methyl/N-ethyl adjacent to an activating group) is 1. The largest absolute Gasteiger partial charge is 0.306 e. The van der Waals surface area contributed by atoms with Crippen LogP contribution in [0.1, 0.15) is 12.5 Å². The number of hydrogen-bond donors (Lipinski definition) is 0. The van der Waals surface area contributed by atoms with Gasteiger partial charge in [-0.25, -0.2) is 0 Å². The molecule has 0 aliphatic rings. The molecule has 1 nitrogen and oxygen atoms in total. The molecular weight excluding hydrogens is 249 g/mol. The van der Waals surface area contributed by atoms with E-state index in [4.69, 9.17) is 0 Å². The molecule has 0 aliphatic heterocycles. The molecule has 0 saturated heterocycles. The Bertz CT molecular complexity index is 490. The first-order chi connectivity index (χ1) is 9.15. The first-order valence-electron chi connectivity index (χ1n) is 6.72. The lowest BCUT2D eigenvalue weighted by molar-refractivity contribution is 0.312. The van der Waals surface area contributed by atoms with Gasteiger partial charge in [0.15, 0.2) is 0 Å². The third-order valence-corrected chi connectivity index (χ3v) is 4.67. The lowest BCUT2D eigenvalue weighted by Crippen LogP contribution is -2.26. The number of benzene rings is 2. The van der Waals surface area contributed by atoms with E-state index in [0.717, 1.165) is 15.0 Å². The molecule has 0 radical (unpaired) electrons. The summed E-state index contributed by atoms with van der Waals surface area (Å²) in [6.45, 7) is 2.26. The standard InChI is InChI=1S/C17H22NP/c1-14(18(2)3)13-15-9-11-17(12-10-15)19-16-7-5-4-6-8-16/h4-12,14,19H,13H2,1-3H3. The third kappa shape index (κ3) is 4.45. The van der Waals surface area contributed by atoms with E-state index in [1.54, 1.807) is 0 Å². The van der Waals surface area contributed by atoms with Gasteiger partial charge in [0.1, 0.15) is 0 Å². The predicted octanol–water partition coefficient (Wildman–Crippen LogP) is 2.81. The third-order valence-electron chi connectivity index (χ3n) is 3.43. The molecule has 0 aliphatic carbocycles. The van der Waals surface area contributed by atoms with Gasteiger partial charge in [-0.2, -0.15) is 0 Å². The molecule has 2 unspecified atom stereocenters. The van der Waals surface area contributed by atoms with Crippen molar-refractivity contribution in [3.05, 3.63) is 60.2 Å². The van der Waals surface area contributed by atoms with Crippen LogP contribution in [0.5, 0.6) is 0 Å². The van der Waals surface area contributed by atoms with Gasteiger partial charge in [-0.15, -0.1) is 0 Å². The Hall–Kier alpha value is -1.17. The van der Waals surface area contributed by atoms with Crippen LogP contribution in [0.25, 0.3) is 0 Å². The van der Waals surface area contributed by atoms with Crippen LogP contribution >= 0.6 is 8.58 Å². The average Bonchev–Trinajstić information content (AvgIpc) is 2.42. The van der Waals surface area contributed by atoms with E-state index >= 15 is 0 Å². The lowest BCUT2D eigenvalue weighted by atomic mass is 10.1. The van der Waals surface area contributed by atoms with Crippen LogP contribution in [0, 0.1) is 0 Å². The van der Waals surface area contributed by atoms with Crippen LogP contribution in [0.2, 0.25) is 0 Å². The van der Waals surface area contributed by atoms with Gasteiger partial charge in [-0.05, 0) is 43.6 Å². The smallest absolute Gasteiger partial charge is 0.0101 e. The second-order valence-corrected chi connectivity index (χ2v) is 6.61. The molecular formula is C17H22NP. The van der Waals surface area contributed by atoms with Crippen LogP contribution in [-0.4, -0.2) is 25.0 Å². The molecule has 0 bridgehead atoms. The maximum Gasteiger partial charge on any atom is 0.0101 e. The van der Waals surface area contributed by atoms with E-state index in [9.17, 15) is 0 Å². The number of nitrogens with zero attached hydrogens (tertiary/aromatic N) is 1. The van der Waals surface area contributed by atoms with Crippen LogP contribution in [0.3, 0.4) is 0 Å². The number of rotatable bonds is 5. The molecule has 2 heteroatoms. The summed E-state index contributed by atoms with van der Waals surface area (Å²) in [7, 11) is 5.02. The first kappa shape index (κ1) is 14.2. The summed E-state index contributed by atoms with van der Waals surface area (Å²) >= 11 is 0. The predicted molar refractivity (Wildman–Crippen MR) is 87.3 cm³/mol. The number of hydrogen-bond acceptors (Lipinski definition) is 1. The van der Waals surface area contributed by atoms with Crippen LogP contribution in [-0.2, 0) is 6.42 Å². The Morgan fingerprint density at radius 1 is 0.895 bits per heavy atom. The SMILES string of the molecule is CC(Cc1ccc(Pc2ccccc2)cc1)N(C)C. The van der Waals surface area contributed by atoms with Crippen molar-refractivity contribution in [3.63, 3.8) is 0 Å². The fourth-order valence-electron chi connectivity index (χ4n) is 1.94.